The molecule has 1 aromatic rings. The van der Waals surface area contributed by atoms with Gasteiger partial charge in [-0.05, 0) is 26.7 Å². The number of alkyl carbamates (subject to hydrolysis) is 1. The van der Waals surface area contributed by atoms with E-state index in [-0.39, 0.29) is 39.2 Å². The van der Waals surface area contributed by atoms with E-state index in [4.69, 9.17) is 15.2 Å². The Labute approximate surface area is 295 Å². The number of carboxylic acid groups (broad SMARTS) is 1. The number of nitrogens with one attached hydrogen (secondary N) is 5. The molecule has 0 aliphatic heterocycles. The molecule has 0 aromatic heterocycles. The molecule has 1 rings (SSSR count). The van der Waals surface area contributed by atoms with Gasteiger partial charge in [-0.25, -0.2) is 4.79 Å². The number of ether oxygens (including phenoxy) is 2. The van der Waals surface area contributed by atoms with Crippen LogP contribution in [0.15, 0.2) is 24.3 Å². The average molecular weight is 758 g/mol. The fraction of sp³-hybridized carbons (Fsp3) is 0.636. The molecule has 1 aromatic carbocycles. The first-order chi connectivity index (χ1) is 22.9. The van der Waals surface area contributed by atoms with Crippen LogP contribution in [0, 0.1) is 5.92 Å². The van der Waals surface area contributed by atoms with E-state index in [0.717, 1.165) is 5.56 Å². The Hall–Kier alpha value is -3.88. The number of amides is 5. The second kappa shape index (κ2) is 22.0. The van der Waals surface area contributed by atoms with E-state index in [1.807, 2.05) is 38.1 Å². The van der Waals surface area contributed by atoms with Crippen LogP contribution in [0.25, 0.3) is 0 Å². The fourth-order valence-electron chi connectivity index (χ4n) is 4.25. The molecule has 0 bridgehead atoms. The van der Waals surface area contributed by atoms with Crippen molar-refractivity contribution in [3.05, 3.63) is 29.8 Å². The number of rotatable bonds is 21. The summed E-state index contributed by atoms with van der Waals surface area (Å²) in [5.74, 6) is -2.82. The summed E-state index contributed by atoms with van der Waals surface area (Å²) in [5, 5.41) is 23.0. The molecule has 4 atom stereocenters. The summed E-state index contributed by atoms with van der Waals surface area (Å²) >= 11 is -0.151. The zero-order valence-electron chi connectivity index (χ0n) is 29.6. The number of carbonyl (C=O) groups is 6. The van der Waals surface area contributed by atoms with Crippen LogP contribution in [0.2, 0.25) is 5.32 Å². The Morgan fingerprint density at radius 1 is 0.878 bits per heavy atom. The van der Waals surface area contributed by atoms with Crippen LogP contribution < -0.4 is 37.1 Å². The van der Waals surface area contributed by atoms with Gasteiger partial charge in [0.15, 0.2) is 0 Å². The van der Waals surface area contributed by atoms with Crippen molar-refractivity contribution in [2.45, 2.75) is 108 Å². The Balaban J connectivity index is 2.85. The maximum atomic E-state index is 13.2. The minimum absolute atomic E-state index is 0.150. The molecule has 0 radical (unpaired) electrons. The van der Waals surface area contributed by atoms with Crippen LogP contribution in [-0.2, 0) is 34.0 Å². The zero-order chi connectivity index (χ0) is 37.1. The number of carboxylic acids is 1. The molecule has 0 heterocycles. The molecule has 0 fully saturated rings. The summed E-state index contributed by atoms with van der Waals surface area (Å²) in [5.41, 5.74) is 6.40. The van der Waals surface area contributed by atoms with Crippen molar-refractivity contribution in [3.63, 3.8) is 0 Å². The summed E-state index contributed by atoms with van der Waals surface area (Å²) < 4.78 is 10.4. The monoisotopic (exact) mass is 758 g/mol. The Morgan fingerprint density at radius 3 is 2.10 bits per heavy atom. The van der Waals surface area contributed by atoms with Crippen LogP contribution in [0.5, 0.6) is 5.75 Å². The van der Waals surface area contributed by atoms with E-state index in [2.05, 4.69) is 26.6 Å². The summed E-state index contributed by atoms with van der Waals surface area (Å²) in [4.78, 5) is 75.0. The molecule has 8 N–H and O–H groups in total. The topological polar surface area (TPSA) is 227 Å². The van der Waals surface area contributed by atoms with Gasteiger partial charge in [0, 0.05) is 0 Å². The van der Waals surface area contributed by atoms with Crippen LogP contribution in [0.1, 0.15) is 72.8 Å². The van der Waals surface area contributed by atoms with E-state index >= 15 is 0 Å². The molecule has 0 aliphatic rings. The van der Waals surface area contributed by atoms with Crippen LogP contribution in [-0.4, -0.2) is 106 Å². The van der Waals surface area contributed by atoms with Gasteiger partial charge in [-0.1, -0.05) is 13.8 Å². The van der Waals surface area contributed by atoms with Crippen LogP contribution >= 0.6 is 0 Å². The first-order valence-electron chi connectivity index (χ1n) is 16.3. The number of hydrogen-bond donors (Lipinski definition) is 7. The second-order valence-corrected chi connectivity index (χ2v) is 15.2. The van der Waals surface area contributed by atoms with Gasteiger partial charge in [-0.15, -0.1) is 0 Å². The predicted octanol–water partition coefficient (Wildman–Crippen LogP) is 1.06. The van der Waals surface area contributed by atoms with Crippen molar-refractivity contribution in [1.82, 2.24) is 26.6 Å². The molecular formula is C33H54N6O9Se. The van der Waals surface area contributed by atoms with E-state index in [1.165, 1.54) is 6.92 Å². The molecule has 49 heavy (non-hydrogen) atoms. The molecule has 16 heteroatoms. The van der Waals surface area contributed by atoms with Crippen molar-refractivity contribution in [3.8, 4) is 5.75 Å². The summed E-state index contributed by atoms with van der Waals surface area (Å²) in [6.45, 7) is 10.2. The number of benzene rings is 1. The number of unbranched alkanes of at least 4 members (excludes halogenated alkanes) is 1. The van der Waals surface area contributed by atoms with Gasteiger partial charge in [-0.3, -0.25) is 0 Å². The number of hydrogen-bond acceptors (Lipinski definition) is 9. The van der Waals surface area contributed by atoms with Gasteiger partial charge >= 0.3 is 235 Å². The number of methoxy groups -OCH3 is 1. The van der Waals surface area contributed by atoms with Crippen LogP contribution in [0.3, 0.4) is 0 Å². The standard InChI is InChI=1S/C33H54N6O9Se/c1-20(2)16-24(34)28(41)39-25(10-8-9-15-35-32(46)48-33(4,5)6)29(42)36-17-27(40)38-26(30(43)37-21(3)31(44)45)19-49-18-22-11-13-23(47-7)14-12-22/h11-14,20-21,24-26H,8-10,15-19,34H2,1-7H3,(H,35,46)(H,36,42)(H,37,43)(H,38,40)(H,39,41)(H,44,45)/t21-,24-,25-,26-/m0/s1. The molecule has 276 valence electrons. The number of carbonyl (C=O) groups excluding carboxylic acids is 5. The van der Waals surface area contributed by atoms with Gasteiger partial charge < -0.3 is 10.1 Å². The number of aliphatic carboxylic acids is 1. The van der Waals surface area contributed by atoms with Crippen molar-refractivity contribution in [2.24, 2.45) is 11.7 Å². The molecule has 5 amide bonds. The summed E-state index contributed by atoms with van der Waals surface area (Å²) in [7, 11) is 1.57. The molecule has 0 spiro atoms. The molecular weight excluding hydrogens is 703 g/mol. The van der Waals surface area contributed by atoms with Gasteiger partial charge in [0.2, 0.25) is 0 Å². The van der Waals surface area contributed by atoms with E-state index in [0.29, 0.717) is 30.3 Å². The summed E-state index contributed by atoms with van der Waals surface area (Å²) in [6, 6.07) is 3.39. The Bertz CT molecular complexity index is 1240. The first kappa shape index (κ1) is 43.1. The second-order valence-electron chi connectivity index (χ2n) is 13.0. The molecule has 0 saturated carbocycles. The molecule has 0 unspecified atom stereocenters. The SMILES string of the molecule is COc1ccc(C[Se]C[C@H](NC(=O)CNC(=O)[C@H](CCCCNC(=O)OC(C)(C)C)NC(=O)[C@@H](N)CC(C)C)C(=O)N[C@@H](C)C(=O)O)cc1. The normalized spacial score (nSPS) is 13.7. The van der Waals surface area contributed by atoms with E-state index < -0.39 is 72.0 Å². The minimum atomic E-state index is -1.23. The first-order valence-corrected chi connectivity index (χ1v) is 18.7. The average Bonchev–Trinajstić information content (AvgIpc) is 3.01. The number of nitrogens with two attached hydrogens (primary N) is 1. The fourth-order valence-corrected chi connectivity index (χ4v) is 6.38. The van der Waals surface area contributed by atoms with Gasteiger partial charge in [-0.2, -0.15) is 0 Å². The van der Waals surface area contributed by atoms with Crippen molar-refractivity contribution < 1.29 is 43.3 Å². The van der Waals surface area contributed by atoms with Crippen molar-refractivity contribution >= 4 is 50.6 Å². The van der Waals surface area contributed by atoms with E-state index in [1.54, 1.807) is 27.9 Å². The Kier molecular flexibility index (Phi) is 19.3. The molecule has 15 nitrogen and oxygen atoms in total. The third-order valence-corrected chi connectivity index (χ3v) is 9.12. The third-order valence-electron chi connectivity index (χ3n) is 6.80. The predicted molar refractivity (Wildman–Crippen MR) is 185 cm³/mol. The third kappa shape index (κ3) is 19.0. The van der Waals surface area contributed by atoms with E-state index in [9.17, 15) is 33.9 Å². The van der Waals surface area contributed by atoms with Gasteiger partial charge in [0.25, 0.3) is 0 Å². The zero-order valence-corrected chi connectivity index (χ0v) is 31.3. The van der Waals surface area contributed by atoms with Gasteiger partial charge in [0.1, 0.15) is 5.60 Å². The van der Waals surface area contributed by atoms with Gasteiger partial charge in [0.05, 0.1) is 0 Å². The summed E-state index contributed by atoms with van der Waals surface area (Å²) in [6.07, 6.45) is 0.982. The molecule has 0 aliphatic carbocycles. The quantitative estimate of drug-likeness (QED) is 0.0697. The Morgan fingerprint density at radius 2 is 1.53 bits per heavy atom. The van der Waals surface area contributed by atoms with Crippen molar-refractivity contribution in [2.75, 3.05) is 20.2 Å². The maximum absolute atomic E-state index is 13.2. The molecule has 0 saturated heterocycles. The van der Waals surface area contributed by atoms with Crippen molar-refractivity contribution in [1.29, 1.82) is 0 Å². The van der Waals surface area contributed by atoms with Crippen LogP contribution in [0.4, 0.5) is 4.79 Å².